The predicted molar refractivity (Wildman–Crippen MR) is 121 cm³/mol. The number of anilines is 1. The van der Waals surface area contributed by atoms with Gasteiger partial charge in [0.15, 0.2) is 11.2 Å². The molecule has 0 amide bonds. The summed E-state index contributed by atoms with van der Waals surface area (Å²) in [5, 5.41) is 11.5. The maximum Gasteiger partial charge on any atom is 0.332 e. The highest BCUT2D eigenvalue weighted by molar-refractivity contribution is 6.35. The van der Waals surface area contributed by atoms with Gasteiger partial charge in [-0.2, -0.15) is 4.98 Å². The Labute approximate surface area is 193 Å². The molecule has 1 saturated heterocycles. The van der Waals surface area contributed by atoms with Crippen molar-refractivity contribution in [1.29, 1.82) is 0 Å². The molecule has 3 heterocycles. The van der Waals surface area contributed by atoms with Gasteiger partial charge >= 0.3 is 5.69 Å². The Morgan fingerprint density at radius 3 is 2.59 bits per heavy atom. The molecule has 0 unspecified atom stereocenters. The van der Waals surface area contributed by atoms with Gasteiger partial charge in [0.25, 0.3) is 5.56 Å². The molecule has 1 aliphatic heterocycles. The van der Waals surface area contributed by atoms with Gasteiger partial charge in [-0.05, 0) is 18.2 Å². The fraction of sp³-hybridized carbons (Fsp3) is 0.450. The van der Waals surface area contributed by atoms with E-state index in [4.69, 9.17) is 32.7 Å². The molecule has 32 heavy (non-hydrogen) atoms. The molecule has 1 aromatic carbocycles. The highest BCUT2D eigenvalue weighted by Gasteiger charge is 2.25. The van der Waals surface area contributed by atoms with Crippen LogP contribution < -0.4 is 20.9 Å². The molecule has 0 aliphatic carbocycles. The van der Waals surface area contributed by atoms with Crippen LogP contribution in [0.3, 0.4) is 0 Å². The molecule has 3 aromatic rings. The van der Waals surface area contributed by atoms with Crippen LogP contribution in [0.25, 0.3) is 11.2 Å². The Morgan fingerprint density at radius 1 is 1.19 bits per heavy atom. The first-order valence-electron chi connectivity index (χ1n) is 10.0. The van der Waals surface area contributed by atoms with Crippen LogP contribution in [0.5, 0.6) is 5.75 Å². The maximum atomic E-state index is 13.0. The Kier molecular flexibility index (Phi) is 6.47. The molecule has 1 fully saturated rings. The number of benzene rings is 1. The second kappa shape index (κ2) is 9.14. The fourth-order valence-corrected chi connectivity index (χ4v) is 4.12. The third kappa shape index (κ3) is 4.23. The lowest BCUT2D eigenvalue weighted by Crippen LogP contribution is -2.39. The molecule has 4 rings (SSSR count). The van der Waals surface area contributed by atoms with Crippen LogP contribution >= 0.6 is 23.2 Å². The van der Waals surface area contributed by atoms with Gasteiger partial charge in [-0.15, -0.1) is 0 Å². The van der Waals surface area contributed by atoms with E-state index in [1.807, 2.05) is 4.90 Å². The molecule has 1 aliphatic rings. The molecule has 10 nitrogen and oxygen atoms in total. The summed E-state index contributed by atoms with van der Waals surface area (Å²) in [4.78, 5) is 31.9. The van der Waals surface area contributed by atoms with Gasteiger partial charge in [-0.1, -0.05) is 23.2 Å². The zero-order chi connectivity index (χ0) is 23.0. The van der Waals surface area contributed by atoms with Crippen LogP contribution in [0, 0.1) is 0 Å². The topological polar surface area (TPSA) is 104 Å². The minimum Gasteiger partial charge on any atom is -0.489 e. The lowest BCUT2D eigenvalue weighted by atomic mass is 10.3. The molecule has 0 saturated carbocycles. The molecule has 0 spiro atoms. The third-order valence-corrected chi connectivity index (χ3v) is 5.87. The van der Waals surface area contributed by atoms with Gasteiger partial charge in [0.05, 0.1) is 24.8 Å². The molecule has 0 radical (unpaired) electrons. The van der Waals surface area contributed by atoms with Crippen molar-refractivity contribution in [1.82, 2.24) is 18.7 Å². The largest absolute Gasteiger partial charge is 0.489 e. The van der Waals surface area contributed by atoms with Crippen LogP contribution in [0.4, 0.5) is 5.95 Å². The average Bonchev–Trinajstić information content (AvgIpc) is 3.15. The number of aliphatic hydroxyl groups is 1. The number of imidazole rings is 1. The number of hydrogen-bond acceptors (Lipinski definition) is 7. The Hall–Kier alpha value is -2.53. The van der Waals surface area contributed by atoms with Crippen molar-refractivity contribution in [2.45, 2.75) is 12.6 Å². The Balaban J connectivity index is 1.69. The number of fused-ring (bicyclic) bond motifs is 1. The van der Waals surface area contributed by atoms with Gasteiger partial charge in [0.1, 0.15) is 18.5 Å². The van der Waals surface area contributed by atoms with Crippen molar-refractivity contribution in [2.75, 3.05) is 37.8 Å². The van der Waals surface area contributed by atoms with Crippen molar-refractivity contribution in [2.24, 2.45) is 14.1 Å². The average molecular weight is 484 g/mol. The van der Waals surface area contributed by atoms with Crippen LogP contribution in [-0.4, -0.2) is 62.8 Å². The summed E-state index contributed by atoms with van der Waals surface area (Å²) in [6.07, 6.45) is -0.985. The molecule has 2 aromatic heterocycles. The molecule has 1 atom stereocenters. The quantitative estimate of drug-likeness (QED) is 0.557. The van der Waals surface area contributed by atoms with Crippen molar-refractivity contribution in [3.05, 3.63) is 49.1 Å². The van der Waals surface area contributed by atoms with E-state index in [0.717, 1.165) is 4.57 Å². The molecule has 172 valence electrons. The summed E-state index contributed by atoms with van der Waals surface area (Å²) in [5.74, 6) is 0.877. The highest BCUT2D eigenvalue weighted by atomic mass is 35.5. The second-order valence-corrected chi connectivity index (χ2v) is 8.38. The molecule has 0 bridgehead atoms. The summed E-state index contributed by atoms with van der Waals surface area (Å²) < 4.78 is 15.1. The van der Waals surface area contributed by atoms with Crippen LogP contribution in [0.1, 0.15) is 0 Å². The van der Waals surface area contributed by atoms with Crippen LogP contribution in [-0.2, 0) is 25.4 Å². The Bertz CT molecular complexity index is 1260. The minimum atomic E-state index is -0.985. The second-order valence-electron chi connectivity index (χ2n) is 7.54. The normalized spacial score (nSPS) is 15.3. The highest BCUT2D eigenvalue weighted by Crippen LogP contribution is 2.28. The van der Waals surface area contributed by atoms with Crippen molar-refractivity contribution in [3.8, 4) is 5.75 Å². The van der Waals surface area contributed by atoms with E-state index in [9.17, 15) is 14.7 Å². The lowest BCUT2D eigenvalue weighted by Gasteiger charge is -2.28. The minimum absolute atomic E-state index is 0.0296. The van der Waals surface area contributed by atoms with Gasteiger partial charge in [0, 0.05) is 32.2 Å². The van der Waals surface area contributed by atoms with Crippen molar-refractivity contribution < 1.29 is 14.6 Å². The van der Waals surface area contributed by atoms with E-state index >= 15 is 0 Å². The van der Waals surface area contributed by atoms with E-state index in [1.54, 1.807) is 29.8 Å². The van der Waals surface area contributed by atoms with Gasteiger partial charge in [0.2, 0.25) is 5.95 Å². The number of ether oxygens (including phenoxy) is 2. The number of aromatic nitrogens is 4. The van der Waals surface area contributed by atoms with E-state index in [0.29, 0.717) is 48.0 Å². The number of aliphatic hydroxyl groups excluding tert-OH is 1. The SMILES string of the molecule is Cn1c(=O)c2c(nc(N3CCOCC3)n2C[C@H](O)COc2ccc(Cl)cc2Cl)n(C)c1=O. The first-order valence-corrected chi connectivity index (χ1v) is 10.8. The summed E-state index contributed by atoms with van der Waals surface area (Å²) in [6.45, 7) is 2.13. The number of halogens is 2. The summed E-state index contributed by atoms with van der Waals surface area (Å²) in [6, 6.07) is 4.81. The van der Waals surface area contributed by atoms with Crippen molar-refractivity contribution in [3.63, 3.8) is 0 Å². The maximum absolute atomic E-state index is 13.0. The van der Waals surface area contributed by atoms with E-state index in [1.165, 1.54) is 11.6 Å². The number of rotatable bonds is 6. The molecule has 1 N–H and O–H groups in total. The van der Waals surface area contributed by atoms with Crippen molar-refractivity contribution >= 4 is 40.3 Å². The monoisotopic (exact) mass is 483 g/mol. The molecule has 12 heteroatoms. The van der Waals surface area contributed by atoms with Gasteiger partial charge < -0.3 is 24.0 Å². The summed E-state index contributed by atoms with van der Waals surface area (Å²) >= 11 is 12.0. The molecular formula is C20H23Cl2N5O5. The van der Waals surface area contributed by atoms with E-state index in [-0.39, 0.29) is 24.3 Å². The number of hydrogen-bond donors (Lipinski definition) is 1. The van der Waals surface area contributed by atoms with Crippen LogP contribution in [0.15, 0.2) is 27.8 Å². The first kappa shape index (κ1) is 22.7. The number of nitrogens with zero attached hydrogens (tertiary/aromatic N) is 5. The van der Waals surface area contributed by atoms with E-state index < -0.39 is 17.4 Å². The molecular weight excluding hydrogens is 461 g/mol. The third-order valence-electron chi connectivity index (χ3n) is 5.34. The zero-order valence-corrected chi connectivity index (χ0v) is 19.1. The van der Waals surface area contributed by atoms with Gasteiger partial charge in [-0.25, -0.2) is 4.79 Å². The lowest BCUT2D eigenvalue weighted by molar-refractivity contribution is 0.0927. The number of aryl methyl sites for hydroxylation is 1. The van der Waals surface area contributed by atoms with E-state index in [2.05, 4.69) is 4.98 Å². The summed E-state index contributed by atoms with van der Waals surface area (Å²) in [7, 11) is 2.98. The predicted octanol–water partition coefficient (Wildman–Crippen LogP) is 1.02. The zero-order valence-electron chi connectivity index (χ0n) is 17.6. The fourth-order valence-electron chi connectivity index (χ4n) is 3.65. The smallest absolute Gasteiger partial charge is 0.332 e. The number of morpholine rings is 1. The summed E-state index contributed by atoms with van der Waals surface area (Å²) in [5.41, 5.74) is -0.459. The Morgan fingerprint density at radius 2 is 1.91 bits per heavy atom. The van der Waals surface area contributed by atoms with Gasteiger partial charge in [-0.3, -0.25) is 13.9 Å². The standard InChI is InChI=1S/C20H23Cl2N5O5/c1-24-17-16(18(29)25(2)20(24)30)27(19(23-17)26-5-7-31-8-6-26)10-13(28)11-32-15-4-3-12(21)9-14(15)22/h3-4,9,13,28H,5-8,10-11H2,1-2H3/t13-/m0/s1. The van der Waals surface area contributed by atoms with Crippen LogP contribution in [0.2, 0.25) is 10.0 Å². The first-order chi connectivity index (χ1) is 15.3.